The molecule has 2 aromatic rings. The fraction of sp³-hybridized carbons (Fsp3) is 0.333. The summed E-state index contributed by atoms with van der Waals surface area (Å²) < 4.78 is 5.23. The molecule has 1 unspecified atom stereocenters. The molecule has 0 saturated carbocycles. The molecular weight excluding hydrogens is 270 g/mol. The Morgan fingerprint density at radius 1 is 1.40 bits per heavy atom. The van der Waals surface area contributed by atoms with Crippen LogP contribution in [0, 0.1) is 18.3 Å². The van der Waals surface area contributed by atoms with Gasteiger partial charge in [0.1, 0.15) is 11.8 Å². The quantitative estimate of drug-likeness (QED) is 0.886. The summed E-state index contributed by atoms with van der Waals surface area (Å²) in [7, 11) is 0. The molecule has 1 atom stereocenters. The number of hydrogen-bond acceptors (Lipinski definition) is 5. The highest BCUT2D eigenvalue weighted by Crippen LogP contribution is 2.19. The van der Waals surface area contributed by atoms with E-state index in [9.17, 15) is 0 Å². The van der Waals surface area contributed by atoms with Gasteiger partial charge in [-0.15, -0.1) is 11.3 Å². The zero-order chi connectivity index (χ0) is 14.4. The fourth-order valence-corrected chi connectivity index (χ4v) is 2.57. The van der Waals surface area contributed by atoms with Gasteiger partial charge in [-0.25, -0.2) is 4.98 Å². The third-order valence-corrected chi connectivity index (χ3v) is 3.85. The number of hydrogen-bond donors (Lipinski definition) is 1. The number of benzene rings is 1. The maximum Gasteiger partial charge on any atom is 0.174 e. The molecule has 0 amide bonds. The van der Waals surface area contributed by atoms with E-state index in [1.807, 2.05) is 43.5 Å². The second-order valence-electron chi connectivity index (χ2n) is 4.46. The van der Waals surface area contributed by atoms with Gasteiger partial charge in [0.25, 0.3) is 0 Å². The van der Waals surface area contributed by atoms with E-state index in [0.29, 0.717) is 0 Å². The number of nitrogens with zero attached hydrogens (tertiary/aromatic N) is 2. The van der Waals surface area contributed by atoms with Gasteiger partial charge in [-0.05, 0) is 31.5 Å². The molecule has 0 saturated heterocycles. The highest BCUT2D eigenvalue weighted by Gasteiger charge is 2.06. The van der Waals surface area contributed by atoms with Crippen molar-refractivity contribution in [2.24, 2.45) is 0 Å². The van der Waals surface area contributed by atoms with Crippen molar-refractivity contribution in [1.29, 1.82) is 5.26 Å². The van der Waals surface area contributed by atoms with Crippen LogP contribution in [0.15, 0.2) is 30.5 Å². The van der Waals surface area contributed by atoms with E-state index in [1.165, 1.54) is 10.4 Å². The zero-order valence-electron chi connectivity index (χ0n) is 11.6. The van der Waals surface area contributed by atoms with Gasteiger partial charge in [-0.3, -0.25) is 0 Å². The molecule has 5 heteroatoms. The first-order valence-corrected chi connectivity index (χ1v) is 7.25. The van der Waals surface area contributed by atoms with Crippen LogP contribution in [0.2, 0.25) is 0 Å². The second-order valence-corrected chi connectivity index (χ2v) is 5.78. The van der Waals surface area contributed by atoms with Crippen molar-refractivity contribution in [3.8, 4) is 11.8 Å². The van der Waals surface area contributed by atoms with E-state index < -0.39 is 0 Å². The lowest BCUT2D eigenvalue weighted by atomic mass is 10.1. The van der Waals surface area contributed by atoms with Crippen molar-refractivity contribution in [3.63, 3.8) is 0 Å². The molecule has 0 aliphatic heterocycles. The van der Waals surface area contributed by atoms with Crippen LogP contribution in [-0.2, 0) is 6.54 Å². The first-order chi connectivity index (χ1) is 9.69. The molecule has 0 fully saturated rings. The molecular formula is C15H17N3OS. The third kappa shape index (κ3) is 4.05. The standard InChI is InChI=1S/C15H17N3OS/c1-11(17-9-15-10-18-12(2)20-15)13-3-5-14(6-4-13)19-8-7-16/h3-6,10-11,17H,8-9H2,1-2H3. The summed E-state index contributed by atoms with van der Waals surface area (Å²) in [5.74, 6) is 0.723. The smallest absolute Gasteiger partial charge is 0.174 e. The van der Waals surface area contributed by atoms with Gasteiger partial charge < -0.3 is 10.1 Å². The molecule has 0 aliphatic rings. The van der Waals surface area contributed by atoms with E-state index in [1.54, 1.807) is 11.3 Å². The number of rotatable bonds is 6. The van der Waals surface area contributed by atoms with E-state index >= 15 is 0 Å². The summed E-state index contributed by atoms with van der Waals surface area (Å²) in [6.07, 6.45) is 1.92. The van der Waals surface area contributed by atoms with Gasteiger partial charge in [-0.2, -0.15) is 5.26 Å². The summed E-state index contributed by atoms with van der Waals surface area (Å²) >= 11 is 1.71. The van der Waals surface area contributed by atoms with Gasteiger partial charge >= 0.3 is 0 Å². The first kappa shape index (κ1) is 14.5. The second kappa shape index (κ2) is 7.04. The monoisotopic (exact) mass is 287 g/mol. The Morgan fingerprint density at radius 3 is 2.75 bits per heavy atom. The van der Waals surface area contributed by atoms with Gasteiger partial charge in [0.15, 0.2) is 6.61 Å². The Kier molecular flexibility index (Phi) is 5.10. The molecule has 4 nitrogen and oxygen atoms in total. The maximum atomic E-state index is 8.46. The molecule has 20 heavy (non-hydrogen) atoms. The van der Waals surface area contributed by atoms with E-state index in [-0.39, 0.29) is 12.6 Å². The van der Waals surface area contributed by atoms with Crippen LogP contribution in [0.25, 0.3) is 0 Å². The molecule has 0 bridgehead atoms. The third-order valence-electron chi connectivity index (χ3n) is 2.94. The Balaban J connectivity index is 1.88. The lowest BCUT2D eigenvalue weighted by molar-refractivity contribution is 0.368. The highest BCUT2D eigenvalue weighted by molar-refractivity contribution is 7.11. The van der Waals surface area contributed by atoms with Crippen molar-refractivity contribution >= 4 is 11.3 Å². The topological polar surface area (TPSA) is 57.9 Å². The Bertz CT molecular complexity index is 586. The molecule has 1 N–H and O–H groups in total. The largest absolute Gasteiger partial charge is 0.479 e. The summed E-state index contributed by atoms with van der Waals surface area (Å²) in [5.41, 5.74) is 1.19. The minimum absolute atomic E-state index is 0.0812. The van der Waals surface area contributed by atoms with E-state index in [4.69, 9.17) is 10.00 Å². The average molecular weight is 287 g/mol. The lowest BCUT2D eigenvalue weighted by Gasteiger charge is -2.14. The zero-order valence-corrected chi connectivity index (χ0v) is 12.4. The van der Waals surface area contributed by atoms with E-state index in [2.05, 4.69) is 17.2 Å². The van der Waals surface area contributed by atoms with Crippen molar-refractivity contribution in [3.05, 3.63) is 45.9 Å². The van der Waals surface area contributed by atoms with Crippen molar-refractivity contribution in [2.45, 2.75) is 26.4 Å². The number of aryl methyl sites for hydroxylation is 1. The van der Waals surface area contributed by atoms with Crippen LogP contribution in [-0.4, -0.2) is 11.6 Å². The van der Waals surface area contributed by atoms with Crippen LogP contribution < -0.4 is 10.1 Å². The maximum absolute atomic E-state index is 8.46. The van der Waals surface area contributed by atoms with Crippen LogP contribution >= 0.6 is 11.3 Å². The first-order valence-electron chi connectivity index (χ1n) is 6.43. The summed E-state index contributed by atoms with van der Waals surface area (Å²) in [6.45, 7) is 5.04. The Morgan fingerprint density at radius 2 is 2.15 bits per heavy atom. The molecule has 0 spiro atoms. The highest BCUT2D eigenvalue weighted by atomic mass is 32.1. The van der Waals surface area contributed by atoms with Gasteiger partial charge in [0.2, 0.25) is 0 Å². The van der Waals surface area contributed by atoms with Crippen molar-refractivity contribution < 1.29 is 4.74 Å². The molecule has 0 radical (unpaired) electrons. The normalized spacial score (nSPS) is 11.8. The molecule has 1 heterocycles. The molecule has 1 aromatic carbocycles. The number of nitriles is 1. The fourth-order valence-electron chi connectivity index (χ4n) is 1.83. The van der Waals surface area contributed by atoms with Crippen LogP contribution in [0.3, 0.4) is 0 Å². The molecule has 104 valence electrons. The Labute approximate surface area is 123 Å². The average Bonchev–Trinajstić information content (AvgIpc) is 2.89. The van der Waals surface area contributed by atoms with Crippen molar-refractivity contribution in [1.82, 2.24) is 10.3 Å². The molecule has 2 rings (SSSR count). The summed E-state index contributed by atoms with van der Waals surface area (Å²) in [4.78, 5) is 5.48. The lowest BCUT2D eigenvalue weighted by Crippen LogP contribution is -2.17. The van der Waals surface area contributed by atoms with Gasteiger partial charge in [-0.1, -0.05) is 12.1 Å². The Hall–Kier alpha value is -1.90. The predicted molar refractivity (Wildman–Crippen MR) is 79.7 cm³/mol. The van der Waals surface area contributed by atoms with Gasteiger partial charge in [0.05, 0.1) is 5.01 Å². The van der Waals surface area contributed by atoms with Crippen molar-refractivity contribution in [2.75, 3.05) is 6.61 Å². The number of aromatic nitrogens is 1. The number of ether oxygens (including phenoxy) is 1. The summed E-state index contributed by atoms with van der Waals surface area (Å²) in [6, 6.07) is 10.0. The molecule has 1 aromatic heterocycles. The molecule has 0 aliphatic carbocycles. The predicted octanol–water partition coefficient (Wildman–Crippen LogP) is 3.20. The number of nitrogens with one attached hydrogen (secondary N) is 1. The van der Waals surface area contributed by atoms with Crippen LogP contribution in [0.5, 0.6) is 5.75 Å². The SMILES string of the molecule is Cc1ncc(CNC(C)c2ccc(OCC#N)cc2)s1. The summed E-state index contributed by atoms with van der Waals surface area (Å²) in [5, 5.41) is 13.0. The minimum atomic E-state index is 0.0812. The minimum Gasteiger partial charge on any atom is -0.479 e. The number of thiazole rings is 1. The van der Waals surface area contributed by atoms with Gasteiger partial charge in [0, 0.05) is 23.7 Å². The van der Waals surface area contributed by atoms with Crippen LogP contribution in [0.1, 0.15) is 28.4 Å². The van der Waals surface area contributed by atoms with E-state index in [0.717, 1.165) is 17.3 Å². The van der Waals surface area contributed by atoms with Crippen LogP contribution in [0.4, 0.5) is 0 Å².